The van der Waals surface area contributed by atoms with E-state index in [4.69, 9.17) is 9.84 Å². The van der Waals surface area contributed by atoms with Crippen molar-refractivity contribution in [2.24, 2.45) is 0 Å². The lowest BCUT2D eigenvalue weighted by atomic mass is 10.1. The molecule has 19 heavy (non-hydrogen) atoms. The van der Waals surface area contributed by atoms with Gasteiger partial charge in [0.15, 0.2) is 0 Å². The molecular formula is C12H14N2O5. The fourth-order valence-electron chi connectivity index (χ4n) is 2.21. The van der Waals surface area contributed by atoms with E-state index in [1.807, 2.05) is 11.8 Å². The molecule has 7 heteroatoms. The second-order valence-electron chi connectivity index (χ2n) is 4.35. The number of morpholine rings is 1. The third kappa shape index (κ3) is 2.50. The Labute approximate surface area is 109 Å². The number of carbonyl (C=O) groups is 1. The maximum atomic E-state index is 11.2. The van der Waals surface area contributed by atoms with Crippen molar-refractivity contribution < 1.29 is 19.6 Å². The highest BCUT2D eigenvalue weighted by Gasteiger charge is 2.30. The SMILES string of the molecule is CC1COCCN1c1cccc(C(=O)O)c1[N+](=O)[O-]. The predicted molar refractivity (Wildman–Crippen MR) is 67.7 cm³/mol. The molecule has 0 aromatic heterocycles. The number of para-hydroxylation sites is 1. The number of carboxylic acid groups (broad SMARTS) is 1. The zero-order valence-corrected chi connectivity index (χ0v) is 10.4. The van der Waals surface area contributed by atoms with Gasteiger partial charge in [0.2, 0.25) is 0 Å². The van der Waals surface area contributed by atoms with Crippen LogP contribution in [0, 0.1) is 10.1 Å². The first-order valence-electron chi connectivity index (χ1n) is 5.87. The third-order valence-electron chi connectivity index (χ3n) is 3.10. The first-order valence-corrected chi connectivity index (χ1v) is 5.87. The summed E-state index contributed by atoms with van der Waals surface area (Å²) in [4.78, 5) is 23.5. The number of anilines is 1. The number of nitro groups is 1. The van der Waals surface area contributed by atoms with Crippen LogP contribution in [-0.2, 0) is 4.74 Å². The van der Waals surface area contributed by atoms with E-state index < -0.39 is 10.9 Å². The average Bonchev–Trinajstić information content (AvgIpc) is 2.38. The molecule has 0 bridgehead atoms. The number of ether oxygens (including phenoxy) is 1. The maximum absolute atomic E-state index is 11.2. The van der Waals surface area contributed by atoms with Crippen molar-refractivity contribution >= 4 is 17.3 Å². The maximum Gasteiger partial charge on any atom is 0.342 e. The summed E-state index contributed by atoms with van der Waals surface area (Å²) in [5.41, 5.74) is -0.314. The van der Waals surface area contributed by atoms with Gasteiger partial charge in [-0.1, -0.05) is 6.07 Å². The molecule has 2 rings (SSSR count). The molecule has 1 aromatic rings. The van der Waals surface area contributed by atoms with Gasteiger partial charge in [-0.15, -0.1) is 0 Å². The summed E-state index contributed by atoms with van der Waals surface area (Å²) in [6.07, 6.45) is 0. The standard InChI is InChI=1S/C12H14N2O5/c1-8-7-19-6-5-13(8)10-4-2-3-9(12(15)16)11(10)14(17)18/h2-4,8H,5-7H2,1H3,(H,15,16). The van der Waals surface area contributed by atoms with Gasteiger partial charge in [-0.2, -0.15) is 0 Å². The van der Waals surface area contributed by atoms with Crippen LogP contribution in [0.3, 0.4) is 0 Å². The topological polar surface area (TPSA) is 92.9 Å². The molecule has 1 unspecified atom stereocenters. The van der Waals surface area contributed by atoms with Gasteiger partial charge in [-0.3, -0.25) is 10.1 Å². The zero-order chi connectivity index (χ0) is 14.0. The zero-order valence-electron chi connectivity index (χ0n) is 10.4. The minimum atomic E-state index is -1.30. The molecular weight excluding hydrogens is 252 g/mol. The van der Waals surface area contributed by atoms with Gasteiger partial charge < -0.3 is 14.7 Å². The Morgan fingerprint density at radius 3 is 2.89 bits per heavy atom. The number of nitrogens with zero attached hydrogens (tertiary/aromatic N) is 2. The molecule has 102 valence electrons. The molecule has 1 aliphatic rings. The van der Waals surface area contributed by atoms with E-state index in [0.29, 0.717) is 25.4 Å². The van der Waals surface area contributed by atoms with Crippen LogP contribution in [0.5, 0.6) is 0 Å². The van der Waals surface area contributed by atoms with Crippen LogP contribution < -0.4 is 4.90 Å². The minimum absolute atomic E-state index is 0.0310. The first-order chi connectivity index (χ1) is 9.02. The minimum Gasteiger partial charge on any atom is -0.477 e. The number of rotatable bonds is 3. The van der Waals surface area contributed by atoms with Crippen LogP contribution in [0.4, 0.5) is 11.4 Å². The Morgan fingerprint density at radius 2 is 2.32 bits per heavy atom. The molecule has 1 aliphatic heterocycles. The smallest absolute Gasteiger partial charge is 0.342 e. The van der Waals surface area contributed by atoms with Gasteiger partial charge in [0.05, 0.1) is 18.1 Å². The summed E-state index contributed by atoms with van der Waals surface area (Å²) in [6.45, 7) is 3.33. The number of nitro benzene ring substituents is 1. The monoisotopic (exact) mass is 266 g/mol. The molecule has 1 atom stereocenters. The summed E-state index contributed by atoms with van der Waals surface area (Å²) in [5.74, 6) is -1.30. The van der Waals surface area contributed by atoms with Crippen LogP contribution in [0.25, 0.3) is 0 Å². The van der Waals surface area contributed by atoms with E-state index in [1.165, 1.54) is 12.1 Å². The molecule has 7 nitrogen and oxygen atoms in total. The van der Waals surface area contributed by atoms with Gasteiger partial charge in [-0.25, -0.2) is 4.79 Å². The number of aromatic carboxylic acids is 1. The Morgan fingerprint density at radius 1 is 1.58 bits per heavy atom. The molecule has 1 saturated heterocycles. The first kappa shape index (κ1) is 13.3. The summed E-state index contributed by atoms with van der Waals surface area (Å²) in [6, 6.07) is 4.31. The second-order valence-corrected chi connectivity index (χ2v) is 4.35. The van der Waals surface area contributed by atoms with Crippen molar-refractivity contribution in [3.05, 3.63) is 33.9 Å². The fraction of sp³-hybridized carbons (Fsp3) is 0.417. The Bertz CT molecular complexity index is 517. The highest BCUT2D eigenvalue weighted by atomic mass is 16.6. The number of hydrogen-bond donors (Lipinski definition) is 1. The fourth-order valence-corrected chi connectivity index (χ4v) is 2.21. The van der Waals surface area contributed by atoms with Crippen molar-refractivity contribution in [2.75, 3.05) is 24.7 Å². The molecule has 1 N–H and O–H groups in total. The molecule has 0 amide bonds. The quantitative estimate of drug-likeness (QED) is 0.658. The van der Waals surface area contributed by atoms with E-state index in [1.54, 1.807) is 6.07 Å². The van der Waals surface area contributed by atoms with Crippen molar-refractivity contribution in [1.29, 1.82) is 0 Å². The highest BCUT2D eigenvalue weighted by molar-refractivity contribution is 5.95. The van der Waals surface area contributed by atoms with Crippen molar-refractivity contribution in [3.8, 4) is 0 Å². The number of carboxylic acids is 1. The van der Waals surface area contributed by atoms with Gasteiger partial charge in [0, 0.05) is 12.6 Å². The normalized spacial score (nSPS) is 19.2. The van der Waals surface area contributed by atoms with Crippen LogP contribution in [0.15, 0.2) is 18.2 Å². The van der Waals surface area contributed by atoms with Crippen molar-refractivity contribution in [3.63, 3.8) is 0 Å². The lowest BCUT2D eigenvalue weighted by Gasteiger charge is -2.34. The second kappa shape index (κ2) is 5.23. The van der Waals surface area contributed by atoms with Gasteiger partial charge in [0.25, 0.3) is 0 Å². The highest BCUT2D eigenvalue weighted by Crippen LogP contribution is 2.33. The third-order valence-corrected chi connectivity index (χ3v) is 3.10. The Hall–Kier alpha value is -2.15. The van der Waals surface area contributed by atoms with Crippen LogP contribution in [0.2, 0.25) is 0 Å². The largest absolute Gasteiger partial charge is 0.477 e. The van der Waals surface area contributed by atoms with Gasteiger partial charge in [0.1, 0.15) is 11.3 Å². The number of hydrogen-bond acceptors (Lipinski definition) is 5. The molecule has 1 heterocycles. The Balaban J connectivity index is 2.53. The van der Waals surface area contributed by atoms with Crippen LogP contribution >= 0.6 is 0 Å². The van der Waals surface area contributed by atoms with Crippen LogP contribution in [-0.4, -0.2) is 41.8 Å². The van der Waals surface area contributed by atoms with Gasteiger partial charge >= 0.3 is 11.7 Å². The summed E-state index contributed by atoms with van der Waals surface area (Å²) in [5, 5.41) is 20.2. The molecule has 0 saturated carbocycles. The average molecular weight is 266 g/mol. The lowest BCUT2D eigenvalue weighted by Crippen LogP contribution is -2.44. The predicted octanol–water partition coefficient (Wildman–Crippen LogP) is 1.52. The van der Waals surface area contributed by atoms with Crippen molar-refractivity contribution in [1.82, 2.24) is 0 Å². The molecule has 1 fully saturated rings. The number of benzene rings is 1. The van der Waals surface area contributed by atoms with E-state index in [-0.39, 0.29) is 17.3 Å². The van der Waals surface area contributed by atoms with E-state index in [2.05, 4.69) is 0 Å². The molecule has 0 spiro atoms. The molecule has 1 aromatic carbocycles. The van der Waals surface area contributed by atoms with Gasteiger partial charge in [-0.05, 0) is 19.1 Å². The molecule has 0 aliphatic carbocycles. The Kier molecular flexibility index (Phi) is 3.66. The van der Waals surface area contributed by atoms with E-state index in [9.17, 15) is 14.9 Å². The summed E-state index contributed by atoms with van der Waals surface area (Å²) >= 11 is 0. The van der Waals surface area contributed by atoms with Crippen molar-refractivity contribution in [2.45, 2.75) is 13.0 Å². The van der Waals surface area contributed by atoms with Crippen LogP contribution in [0.1, 0.15) is 17.3 Å². The summed E-state index contributed by atoms with van der Waals surface area (Å²) < 4.78 is 5.28. The molecule has 0 radical (unpaired) electrons. The van der Waals surface area contributed by atoms with E-state index in [0.717, 1.165) is 0 Å². The van der Waals surface area contributed by atoms with E-state index >= 15 is 0 Å². The summed E-state index contributed by atoms with van der Waals surface area (Å²) in [7, 11) is 0. The lowest BCUT2D eigenvalue weighted by molar-refractivity contribution is -0.384.